The second-order valence-electron chi connectivity index (χ2n) is 6.88. The minimum atomic E-state index is -3.96. The van der Waals surface area contributed by atoms with Crippen molar-refractivity contribution in [2.24, 2.45) is 5.10 Å². The number of aryl methyl sites for hydroxylation is 2. The number of benzene rings is 2. The molecule has 1 heterocycles. The van der Waals surface area contributed by atoms with Gasteiger partial charge in [-0.1, -0.05) is 42.8 Å². The molecule has 0 unspecified atom stereocenters. The molecule has 0 bridgehead atoms. The molecule has 0 aliphatic carbocycles. The van der Waals surface area contributed by atoms with Crippen molar-refractivity contribution in [1.82, 2.24) is 10.4 Å². The first-order valence-electron chi connectivity index (χ1n) is 9.81. The van der Waals surface area contributed by atoms with Crippen LogP contribution in [0, 0.1) is 6.92 Å². The molecule has 0 aliphatic heterocycles. The van der Waals surface area contributed by atoms with E-state index >= 15 is 0 Å². The number of amides is 1. The fourth-order valence-electron chi connectivity index (χ4n) is 2.98. The molecule has 0 radical (unpaired) electrons. The van der Waals surface area contributed by atoms with Gasteiger partial charge in [-0.2, -0.15) is 5.10 Å². The van der Waals surface area contributed by atoms with Gasteiger partial charge in [0, 0.05) is 12.4 Å². The van der Waals surface area contributed by atoms with Crippen molar-refractivity contribution in [3.8, 4) is 0 Å². The number of anilines is 1. The first-order chi connectivity index (χ1) is 14.9. The van der Waals surface area contributed by atoms with E-state index in [2.05, 4.69) is 15.5 Å². The molecule has 0 saturated heterocycles. The summed E-state index contributed by atoms with van der Waals surface area (Å²) in [5.74, 6) is -0.549. The van der Waals surface area contributed by atoms with E-state index in [1.807, 2.05) is 26.0 Å². The zero-order chi connectivity index (χ0) is 22.3. The average Bonchev–Trinajstić information content (AvgIpc) is 2.78. The lowest BCUT2D eigenvalue weighted by molar-refractivity contribution is -0.119. The predicted octanol–water partition coefficient (Wildman–Crippen LogP) is 3.30. The standard InChI is InChI=1S/C23H24N4O3S/c1-3-20-6-4-5-7-22(20)27(31(29,30)21-10-8-18(2)9-11-21)17-23(28)26-25-16-19-12-14-24-15-13-19/h4-16H,3,17H2,1-2H3,(H,26,28)/b25-16+. The van der Waals surface area contributed by atoms with E-state index < -0.39 is 22.5 Å². The highest BCUT2D eigenvalue weighted by Gasteiger charge is 2.28. The average molecular weight is 437 g/mol. The van der Waals surface area contributed by atoms with Crippen LogP contribution in [0.25, 0.3) is 0 Å². The molecule has 0 saturated carbocycles. The second-order valence-corrected chi connectivity index (χ2v) is 8.74. The van der Waals surface area contributed by atoms with Crippen LogP contribution in [-0.4, -0.2) is 32.1 Å². The lowest BCUT2D eigenvalue weighted by Gasteiger charge is -2.25. The maximum absolute atomic E-state index is 13.4. The van der Waals surface area contributed by atoms with Gasteiger partial charge in [-0.25, -0.2) is 13.8 Å². The van der Waals surface area contributed by atoms with Gasteiger partial charge in [-0.05, 0) is 54.8 Å². The number of sulfonamides is 1. The van der Waals surface area contributed by atoms with Crippen LogP contribution < -0.4 is 9.73 Å². The smallest absolute Gasteiger partial charge is 0.264 e. The Morgan fingerprint density at radius 2 is 1.74 bits per heavy atom. The van der Waals surface area contributed by atoms with Gasteiger partial charge in [0.1, 0.15) is 6.54 Å². The highest BCUT2D eigenvalue weighted by Crippen LogP contribution is 2.27. The third kappa shape index (κ3) is 5.55. The number of para-hydroxylation sites is 1. The van der Waals surface area contributed by atoms with Crippen LogP contribution >= 0.6 is 0 Å². The number of pyridine rings is 1. The van der Waals surface area contributed by atoms with Crippen LogP contribution in [-0.2, 0) is 21.2 Å². The number of nitrogens with zero attached hydrogens (tertiary/aromatic N) is 3. The van der Waals surface area contributed by atoms with E-state index in [9.17, 15) is 13.2 Å². The van der Waals surface area contributed by atoms with E-state index in [0.717, 1.165) is 21.0 Å². The highest BCUT2D eigenvalue weighted by atomic mass is 32.2. The van der Waals surface area contributed by atoms with E-state index in [1.54, 1.807) is 60.9 Å². The summed E-state index contributed by atoms with van der Waals surface area (Å²) in [4.78, 5) is 16.6. The predicted molar refractivity (Wildman–Crippen MR) is 122 cm³/mol. The third-order valence-corrected chi connectivity index (χ3v) is 6.42. The van der Waals surface area contributed by atoms with Gasteiger partial charge in [0.05, 0.1) is 16.8 Å². The van der Waals surface area contributed by atoms with Crippen LogP contribution in [0.5, 0.6) is 0 Å². The lowest BCUT2D eigenvalue weighted by atomic mass is 10.1. The molecule has 1 aromatic heterocycles. The van der Waals surface area contributed by atoms with Crippen molar-refractivity contribution >= 4 is 27.8 Å². The maximum Gasteiger partial charge on any atom is 0.264 e. The quantitative estimate of drug-likeness (QED) is 0.433. The van der Waals surface area contributed by atoms with Crippen LogP contribution in [0.2, 0.25) is 0 Å². The Bertz CT molecular complexity index is 1160. The van der Waals surface area contributed by atoms with Crippen molar-refractivity contribution in [2.75, 3.05) is 10.8 Å². The fraction of sp³-hybridized carbons (Fsp3) is 0.174. The fourth-order valence-corrected chi connectivity index (χ4v) is 4.44. The largest absolute Gasteiger partial charge is 0.271 e. The van der Waals surface area contributed by atoms with Gasteiger partial charge in [0.2, 0.25) is 0 Å². The van der Waals surface area contributed by atoms with Crippen molar-refractivity contribution < 1.29 is 13.2 Å². The normalized spacial score (nSPS) is 11.4. The van der Waals surface area contributed by atoms with Gasteiger partial charge >= 0.3 is 0 Å². The Kier molecular flexibility index (Phi) is 7.15. The zero-order valence-electron chi connectivity index (χ0n) is 17.4. The van der Waals surface area contributed by atoms with Crippen molar-refractivity contribution in [1.29, 1.82) is 0 Å². The van der Waals surface area contributed by atoms with Crippen LogP contribution in [0.3, 0.4) is 0 Å². The summed E-state index contributed by atoms with van der Waals surface area (Å²) in [6.45, 7) is 3.42. The molecule has 7 nitrogen and oxygen atoms in total. The molecule has 31 heavy (non-hydrogen) atoms. The van der Waals surface area contributed by atoms with Crippen molar-refractivity contribution in [2.45, 2.75) is 25.2 Å². The molecule has 1 amide bonds. The second kappa shape index (κ2) is 9.99. The molecular formula is C23H24N4O3S. The number of carbonyl (C=O) groups is 1. The van der Waals surface area contributed by atoms with Crippen molar-refractivity contribution in [3.05, 3.63) is 89.7 Å². The zero-order valence-corrected chi connectivity index (χ0v) is 18.2. The van der Waals surface area contributed by atoms with Crippen LogP contribution in [0.1, 0.15) is 23.6 Å². The number of aromatic nitrogens is 1. The van der Waals surface area contributed by atoms with Gasteiger partial charge < -0.3 is 0 Å². The van der Waals surface area contributed by atoms with Crippen LogP contribution in [0.15, 0.2) is 83.1 Å². The Hall–Kier alpha value is -3.52. The summed E-state index contributed by atoms with van der Waals surface area (Å²) in [5, 5.41) is 3.92. The third-order valence-electron chi connectivity index (χ3n) is 4.65. The Morgan fingerprint density at radius 1 is 1.06 bits per heavy atom. The maximum atomic E-state index is 13.4. The van der Waals surface area contributed by atoms with Gasteiger partial charge in [0.15, 0.2) is 0 Å². The molecule has 0 spiro atoms. The number of nitrogens with one attached hydrogen (secondary N) is 1. The number of carbonyl (C=O) groups excluding carboxylic acids is 1. The highest BCUT2D eigenvalue weighted by molar-refractivity contribution is 7.92. The molecule has 3 aromatic rings. The number of hydrogen-bond donors (Lipinski definition) is 1. The summed E-state index contributed by atoms with van der Waals surface area (Å²) in [7, 11) is -3.96. The molecule has 2 aromatic carbocycles. The Morgan fingerprint density at radius 3 is 2.42 bits per heavy atom. The van der Waals surface area contributed by atoms with E-state index in [1.165, 1.54) is 6.21 Å². The summed E-state index contributed by atoms with van der Waals surface area (Å²) in [6, 6.07) is 17.2. The first kappa shape index (κ1) is 22.2. The van der Waals surface area contributed by atoms with E-state index in [-0.39, 0.29) is 4.90 Å². The monoisotopic (exact) mass is 436 g/mol. The summed E-state index contributed by atoms with van der Waals surface area (Å²) in [6.07, 6.45) is 5.32. The minimum Gasteiger partial charge on any atom is -0.271 e. The summed E-state index contributed by atoms with van der Waals surface area (Å²) in [5.41, 5.74) is 5.41. The van der Waals surface area contributed by atoms with Gasteiger partial charge in [-0.15, -0.1) is 0 Å². The number of hydrogen-bond acceptors (Lipinski definition) is 5. The van der Waals surface area contributed by atoms with Gasteiger partial charge in [0.25, 0.3) is 15.9 Å². The number of rotatable bonds is 8. The van der Waals surface area contributed by atoms with Gasteiger partial charge in [-0.3, -0.25) is 14.1 Å². The van der Waals surface area contributed by atoms with Crippen LogP contribution in [0.4, 0.5) is 5.69 Å². The molecule has 0 aliphatic rings. The lowest BCUT2D eigenvalue weighted by Crippen LogP contribution is -2.40. The molecule has 0 atom stereocenters. The Balaban J connectivity index is 1.90. The van der Waals surface area contributed by atoms with Crippen molar-refractivity contribution in [3.63, 3.8) is 0 Å². The topological polar surface area (TPSA) is 91.7 Å². The van der Waals surface area contributed by atoms with E-state index in [4.69, 9.17) is 0 Å². The molecule has 3 rings (SSSR count). The molecule has 8 heteroatoms. The number of hydrazone groups is 1. The summed E-state index contributed by atoms with van der Waals surface area (Å²) >= 11 is 0. The molecule has 1 N–H and O–H groups in total. The molecular weight excluding hydrogens is 412 g/mol. The molecule has 160 valence electrons. The van der Waals surface area contributed by atoms with E-state index in [0.29, 0.717) is 12.1 Å². The SMILES string of the molecule is CCc1ccccc1N(CC(=O)N/N=C/c1ccncc1)S(=O)(=O)c1ccc(C)cc1. The Labute approximate surface area is 182 Å². The first-order valence-corrected chi connectivity index (χ1v) is 11.2. The molecule has 0 fully saturated rings. The minimum absolute atomic E-state index is 0.122. The summed E-state index contributed by atoms with van der Waals surface area (Å²) < 4.78 is 28.0.